The first-order chi connectivity index (χ1) is 7.81. The smallest absolute Gasteiger partial charge is 0.0718 e. The molecule has 0 aromatic carbocycles. The highest BCUT2D eigenvalue weighted by molar-refractivity contribution is 5.17. The molecule has 0 fully saturated rings. The third kappa shape index (κ3) is 4.42. The predicted octanol–water partition coefficient (Wildman–Crippen LogP) is 1.17. The number of hydrogen-bond donors (Lipinski definition) is 2. The van der Waals surface area contributed by atoms with E-state index in [1.165, 1.54) is 0 Å². The molecule has 4 nitrogen and oxygen atoms in total. The van der Waals surface area contributed by atoms with Crippen molar-refractivity contribution in [1.29, 1.82) is 0 Å². The largest absolute Gasteiger partial charge is 0.389 e. The summed E-state index contributed by atoms with van der Waals surface area (Å²) < 4.78 is 0. The van der Waals surface area contributed by atoms with Crippen LogP contribution >= 0.6 is 0 Å². The molecular weight excluding hydrogens is 214 g/mol. The Morgan fingerprint density at radius 3 is 2.35 bits per heavy atom. The van der Waals surface area contributed by atoms with Crippen LogP contribution in [0.3, 0.4) is 0 Å². The normalized spacial score (nSPS) is 15.9. The van der Waals surface area contributed by atoms with Crippen molar-refractivity contribution in [2.24, 2.45) is 5.73 Å². The molecule has 0 bridgehead atoms. The fourth-order valence-electron chi connectivity index (χ4n) is 2.23. The van der Waals surface area contributed by atoms with E-state index in [0.717, 1.165) is 5.56 Å². The molecule has 0 aliphatic carbocycles. The van der Waals surface area contributed by atoms with Crippen LogP contribution in [-0.2, 0) is 0 Å². The third-order valence-corrected chi connectivity index (χ3v) is 2.66. The zero-order valence-electron chi connectivity index (χ0n) is 11.1. The zero-order valence-corrected chi connectivity index (χ0v) is 11.1. The quantitative estimate of drug-likeness (QED) is 0.807. The monoisotopic (exact) mass is 237 g/mol. The highest BCUT2D eigenvalue weighted by Gasteiger charge is 2.25. The molecule has 0 aliphatic rings. The van der Waals surface area contributed by atoms with Crippen LogP contribution in [0, 0.1) is 0 Å². The van der Waals surface area contributed by atoms with Gasteiger partial charge in [-0.1, -0.05) is 0 Å². The van der Waals surface area contributed by atoms with Gasteiger partial charge in [-0.05, 0) is 45.5 Å². The molecule has 3 N–H and O–H groups in total. The Bertz CT molecular complexity index is 332. The van der Waals surface area contributed by atoms with Gasteiger partial charge < -0.3 is 10.8 Å². The lowest BCUT2D eigenvalue weighted by Crippen LogP contribution is -2.43. The van der Waals surface area contributed by atoms with Crippen molar-refractivity contribution in [2.45, 2.75) is 38.5 Å². The summed E-state index contributed by atoms with van der Waals surface area (Å²) in [4.78, 5) is 6.10. The maximum atomic E-state index is 9.87. The molecule has 2 atom stereocenters. The van der Waals surface area contributed by atoms with Crippen molar-refractivity contribution in [2.75, 3.05) is 13.6 Å². The van der Waals surface area contributed by atoms with Crippen molar-refractivity contribution < 1.29 is 5.11 Å². The molecular formula is C13H23N3O. The Morgan fingerprint density at radius 2 is 1.94 bits per heavy atom. The van der Waals surface area contributed by atoms with Crippen molar-refractivity contribution in [3.05, 3.63) is 30.1 Å². The van der Waals surface area contributed by atoms with Crippen molar-refractivity contribution >= 4 is 0 Å². The van der Waals surface area contributed by atoms with Crippen LogP contribution in [0.25, 0.3) is 0 Å². The maximum Gasteiger partial charge on any atom is 0.0718 e. The summed E-state index contributed by atoms with van der Waals surface area (Å²) in [6.45, 7) is 6.15. The number of nitrogens with zero attached hydrogens (tertiary/aromatic N) is 2. The fraction of sp³-hybridized carbons (Fsp3) is 0.615. The molecule has 0 saturated heterocycles. The Hall–Kier alpha value is -0.970. The molecule has 1 aromatic heterocycles. The molecule has 1 rings (SSSR count). The first kappa shape index (κ1) is 14.1. The molecule has 0 radical (unpaired) electrons. The summed E-state index contributed by atoms with van der Waals surface area (Å²) in [5.41, 5.74) is 6.44. The van der Waals surface area contributed by atoms with E-state index in [9.17, 15) is 5.11 Å². The second kappa shape index (κ2) is 5.58. The molecule has 4 heteroatoms. The summed E-state index contributed by atoms with van der Waals surface area (Å²) in [5, 5.41) is 9.87. The Balaban J connectivity index is 2.87. The van der Waals surface area contributed by atoms with Gasteiger partial charge in [0.2, 0.25) is 0 Å². The second-order valence-electron chi connectivity index (χ2n) is 5.31. The van der Waals surface area contributed by atoms with E-state index < -0.39 is 5.60 Å². The number of aliphatic hydroxyl groups is 1. The van der Waals surface area contributed by atoms with Gasteiger partial charge in [0.15, 0.2) is 0 Å². The lowest BCUT2D eigenvalue weighted by molar-refractivity contribution is 0.0278. The van der Waals surface area contributed by atoms with Gasteiger partial charge >= 0.3 is 0 Å². The molecule has 2 unspecified atom stereocenters. The standard InChI is InChI=1S/C13H23N3O/c1-10(14)12(11-5-7-15-8-6-11)16(4)9-13(2,3)17/h5-8,10,12,17H,9,14H2,1-4H3. The number of hydrogen-bond acceptors (Lipinski definition) is 4. The first-order valence-corrected chi connectivity index (χ1v) is 5.89. The molecule has 1 heterocycles. The molecule has 1 aromatic rings. The second-order valence-corrected chi connectivity index (χ2v) is 5.31. The van der Waals surface area contributed by atoms with E-state index in [1.807, 2.05) is 26.1 Å². The highest BCUT2D eigenvalue weighted by atomic mass is 16.3. The van der Waals surface area contributed by atoms with E-state index in [0.29, 0.717) is 6.54 Å². The van der Waals surface area contributed by atoms with Crippen LogP contribution in [0.5, 0.6) is 0 Å². The first-order valence-electron chi connectivity index (χ1n) is 5.89. The van der Waals surface area contributed by atoms with Gasteiger partial charge in [0.1, 0.15) is 0 Å². The van der Waals surface area contributed by atoms with E-state index in [-0.39, 0.29) is 12.1 Å². The number of aromatic nitrogens is 1. The van der Waals surface area contributed by atoms with E-state index in [2.05, 4.69) is 9.88 Å². The van der Waals surface area contributed by atoms with Gasteiger partial charge in [-0.15, -0.1) is 0 Å². The van der Waals surface area contributed by atoms with E-state index in [1.54, 1.807) is 26.2 Å². The SMILES string of the molecule is CC(N)C(c1ccncc1)N(C)CC(C)(C)O. The maximum absolute atomic E-state index is 9.87. The molecule has 0 saturated carbocycles. The van der Waals surface area contributed by atoms with Crippen molar-refractivity contribution in [1.82, 2.24) is 9.88 Å². The van der Waals surface area contributed by atoms with Gasteiger partial charge in [0.25, 0.3) is 0 Å². The van der Waals surface area contributed by atoms with Crippen molar-refractivity contribution in [3.63, 3.8) is 0 Å². The molecule has 0 amide bonds. The minimum absolute atomic E-state index is 0.00949. The van der Waals surface area contributed by atoms with Crippen LogP contribution in [0.1, 0.15) is 32.4 Å². The van der Waals surface area contributed by atoms with Gasteiger partial charge in [-0.2, -0.15) is 0 Å². The van der Waals surface area contributed by atoms with Crippen LogP contribution in [0.2, 0.25) is 0 Å². The average molecular weight is 237 g/mol. The minimum Gasteiger partial charge on any atom is -0.389 e. The van der Waals surface area contributed by atoms with Crippen LogP contribution in [-0.4, -0.2) is 40.2 Å². The summed E-state index contributed by atoms with van der Waals surface area (Å²) in [5.74, 6) is 0. The summed E-state index contributed by atoms with van der Waals surface area (Å²) >= 11 is 0. The van der Waals surface area contributed by atoms with Crippen LogP contribution in [0.4, 0.5) is 0 Å². The summed E-state index contributed by atoms with van der Waals surface area (Å²) in [6, 6.07) is 4.01. The van der Waals surface area contributed by atoms with Crippen LogP contribution in [0.15, 0.2) is 24.5 Å². The third-order valence-electron chi connectivity index (χ3n) is 2.66. The number of likely N-dealkylation sites (N-methyl/N-ethyl adjacent to an activating group) is 1. The average Bonchev–Trinajstić information content (AvgIpc) is 2.15. The topological polar surface area (TPSA) is 62.4 Å². The number of rotatable bonds is 5. The zero-order chi connectivity index (χ0) is 13.1. The van der Waals surface area contributed by atoms with Gasteiger partial charge in [0, 0.05) is 31.0 Å². The lowest BCUT2D eigenvalue weighted by atomic mass is 9.99. The van der Waals surface area contributed by atoms with E-state index >= 15 is 0 Å². The highest BCUT2D eigenvalue weighted by Crippen LogP contribution is 2.23. The minimum atomic E-state index is -0.727. The van der Waals surface area contributed by atoms with Crippen molar-refractivity contribution in [3.8, 4) is 0 Å². The predicted molar refractivity (Wildman–Crippen MR) is 69.6 cm³/mol. The molecule has 0 spiro atoms. The fourth-order valence-corrected chi connectivity index (χ4v) is 2.23. The number of pyridine rings is 1. The number of nitrogens with two attached hydrogens (primary N) is 1. The lowest BCUT2D eigenvalue weighted by Gasteiger charge is -2.35. The van der Waals surface area contributed by atoms with E-state index in [4.69, 9.17) is 5.73 Å². The van der Waals surface area contributed by atoms with Gasteiger partial charge in [0.05, 0.1) is 5.60 Å². The Labute approximate surface area is 103 Å². The molecule has 17 heavy (non-hydrogen) atoms. The molecule has 96 valence electrons. The molecule has 0 aliphatic heterocycles. The Kier molecular flexibility index (Phi) is 4.62. The van der Waals surface area contributed by atoms with Gasteiger partial charge in [-0.25, -0.2) is 0 Å². The summed E-state index contributed by atoms with van der Waals surface area (Å²) in [6.07, 6.45) is 3.53. The summed E-state index contributed by atoms with van der Waals surface area (Å²) in [7, 11) is 1.98. The van der Waals surface area contributed by atoms with Gasteiger partial charge in [-0.3, -0.25) is 9.88 Å². The van der Waals surface area contributed by atoms with Crippen LogP contribution < -0.4 is 5.73 Å². The Morgan fingerprint density at radius 1 is 1.41 bits per heavy atom.